The maximum absolute atomic E-state index is 9.03. The molecule has 0 saturated heterocycles. The highest BCUT2D eigenvalue weighted by molar-refractivity contribution is 5.36. The number of nitrogens with zero attached hydrogens (tertiary/aromatic N) is 1. The fourth-order valence-electron chi connectivity index (χ4n) is 2.29. The van der Waals surface area contributed by atoms with Crippen molar-refractivity contribution in [1.82, 2.24) is 5.32 Å². The van der Waals surface area contributed by atoms with E-state index in [-0.39, 0.29) is 10.8 Å². The highest BCUT2D eigenvalue weighted by atomic mass is 14.9. The van der Waals surface area contributed by atoms with Crippen molar-refractivity contribution < 1.29 is 0 Å². The minimum absolute atomic E-state index is 0.0711. The van der Waals surface area contributed by atoms with Crippen molar-refractivity contribution >= 4 is 0 Å². The van der Waals surface area contributed by atoms with E-state index < -0.39 is 0 Å². The van der Waals surface area contributed by atoms with Crippen LogP contribution in [0, 0.1) is 30.6 Å². The second-order valence-corrected chi connectivity index (χ2v) is 6.80. The lowest BCUT2D eigenvalue weighted by atomic mass is 9.81. The number of nitriles is 1. The molecule has 0 bridgehead atoms. The number of aryl methyl sites for hydroxylation is 2. The van der Waals surface area contributed by atoms with Crippen LogP contribution in [-0.4, -0.2) is 13.1 Å². The van der Waals surface area contributed by atoms with Gasteiger partial charge >= 0.3 is 0 Å². The lowest BCUT2D eigenvalue weighted by Crippen LogP contribution is -2.38. The van der Waals surface area contributed by atoms with E-state index in [4.69, 9.17) is 5.26 Å². The van der Waals surface area contributed by atoms with Crippen LogP contribution in [0.4, 0.5) is 0 Å². The van der Waals surface area contributed by atoms with Crippen molar-refractivity contribution in [3.05, 3.63) is 34.9 Å². The molecule has 1 rings (SSSR count). The molecule has 0 spiro atoms. The predicted molar refractivity (Wildman–Crippen MR) is 81.2 cm³/mol. The zero-order valence-electron chi connectivity index (χ0n) is 13.1. The molecule has 1 N–H and O–H groups in total. The third-order valence-corrected chi connectivity index (χ3v) is 3.56. The second kappa shape index (κ2) is 5.75. The number of rotatable bonds is 5. The van der Waals surface area contributed by atoms with Gasteiger partial charge in [0.1, 0.15) is 0 Å². The fraction of sp³-hybridized carbons (Fsp3) is 0.588. The minimum atomic E-state index is -0.308. The summed E-state index contributed by atoms with van der Waals surface area (Å²) in [5, 5.41) is 12.5. The summed E-state index contributed by atoms with van der Waals surface area (Å²) < 4.78 is 0. The van der Waals surface area contributed by atoms with Crippen LogP contribution in [0.2, 0.25) is 0 Å². The zero-order valence-corrected chi connectivity index (χ0v) is 13.1. The average Bonchev–Trinajstić information content (AvgIpc) is 2.31. The Morgan fingerprint density at radius 3 is 2.32 bits per heavy atom. The first-order valence-corrected chi connectivity index (χ1v) is 6.88. The molecule has 2 heteroatoms. The smallest absolute Gasteiger partial charge is 0.0697 e. The highest BCUT2D eigenvalue weighted by Gasteiger charge is 2.24. The molecular weight excluding hydrogens is 232 g/mol. The molecule has 2 nitrogen and oxygen atoms in total. The Morgan fingerprint density at radius 2 is 1.74 bits per heavy atom. The van der Waals surface area contributed by atoms with E-state index in [1.165, 1.54) is 16.7 Å². The average molecular weight is 258 g/mol. The second-order valence-electron chi connectivity index (χ2n) is 6.80. The van der Waals surface area contributed by atoms with Crippen molar-refractivity contribution in [3.63, 3.8) is 0 Å². The minimum Gasteiger partial charge on any atom is -0.314 e. The summed E-state index contributed by atoms with van der Waals surface area (Å²) >= 11 is 0. The Labute approximate surface area is 117 Å². The first-order valence-electron chi connectivity index (χ1n) is 6.88. The van der Waals surface area contributed by atoms with Crippen molar-refractivity contribution in [1.29, 1.82) is 5.26 Å². The van der Waals surface area contributed by atoms with E-state index in [2.05, 4.69) is 57.3 Å². The van der Waals surface area contributed by atoms with Gasteiger partial charge in [0.2, 0.25) is 0 Å². The number of hydrogen-bond donors (Lipinski definition) is 1. The molecule has 1 aromatic rings. The van der Waals surface area contributed by atoms with Crippen LogP contribution in [0.3, 0.4) is 0 Å². The van der Waals surface area contributed by atoms with Gasteiger partial charge in [0.05, 0.1) is 11.5 Å². The number of benzene rings is 1. The molecule has 0 aliphatic heterocycles. The fourth-order valence-corrected chi connectivity index (χ4v) is 2.29. The summed E-state index contributed by atoms with van der Waals surface area (Å²) in [5.74, 6) is 0. The largest absolute Gasteiger partial charge is 0.314 e. The highest BCUT2D eigenvalue weighted by Crippen LogP contribution is 2.27. The monoisotopic (exact) mass is 258 g/mol. The van der Waals surface area contributed by atoms with Crippen LogP contribution in [0.5, 0.6) is 0 Å². The molecule has 0 amide bonds. The molecule has 0 saturated carbocycles. The van der Waals surface area contributed by atoms with Gasteiger partial charge in [0.15, 0.2) is 0 Å². The Balaban J connectivity index is 2.76. The van der Waals surface area contributed by atoms with Gasteiger partial charge in [-0.15, -0.1) is 0 Å². The molecule has 0 unspecified atom stereocenters. The molecule has 0 radical (unpaired) electrons. The van der Waals surface area contributed by atoms with E-state index in [0.29, 0.717) is 0 Å². The summed E-state index contributed by atoms with van der Waals surface area (Å²) in [6.07, 6.45) is 0. The lowest BCUT2D eigenvalue weighted by Gasteiger charge is -2.29. The van der Waals surface area contributed by atoms with E-state index in [1.807, 2.05) is 13.8 Å². The molecule has 104 valence electrons. The SMILES string of the molecule is Cc1ccc(C)c(C(C)(C)CNCC(C)(C)C#N)c1. The predicted octanol–water partition coefficient (Wildman–Crippen LogP) is 3.72. The standard InChI is InChI=1S/C17H26N2/c1-13-7-8-14(2)15(9-13)17(5,6)12-19-11-16(3,4)10-18/h7-9,19H,11-12H2,1-6H3. The van der Waals surface area contributed by atoms with Gasteiger partial charge in [-0.25, -0.2) is 0 Å². The molecule has 0 aliphatic carbocycles. The zero-order chi connectivity index (χ0) is 14.7. The molecule has 0 aliphatic rings. The molecule has 0 fully saturated rings. The van der Waals surface area contributed by atoms with Gasteiger partial charge in [-0.2, -0.15) is 5.26 Å². The van der Waals surface area contributed by atoms with Gasteiger partial charge < -0.3 is 5.32 Å². The van der Waals surface area contributed by atoms with Crippen molar-refractivity contribution in [2.45, 2.75) is 47.0 Å². The Kier molecular flexibility index (Phi) is 4.76. The summed E-state index contributed by atoms with van der Waals surface area (Å²) in [4.78, 5) is 0. The molecule has 0 atom stereocenters. The van der Waals surface area contributed by atoms with E-state index in [0.717, 1.165) is 13.1 Å². The van der Waals surface area contributed by atoms with Gasteiger partial charge in [0, 0.05) is 18.5 Å². The summed E-state index contributed by atoms with van der Waals surface area (Å²) in [7, 11) is 0. The van der Waals surface area contributed by atoms with Gasteiger partial charge in [-0.05, 0) is 38.8 Å². The molecule has 1 aromatic carbocycles. The van der Waals surface area contributed by atoms with E-state index >= 15 is 0 Å². The van der Waals surface area contributed by atoms with E-state index in [1.54, 1.807) is 0 Å². The van der Waals surface area contributed by atoms with Crippen LogP contribution in [0.1, 0.15) is 44.4 Å². The number of hydrogen-bond acceptors (Lipinski definition) is 2. The number of nitrogens with one attached hydrogen (secondary N) is 1. The molecule has 0 heterocycles. The summed E-state index contributed by atoms with van der Waals surface area (Å²) in [5.41, 5.74) is 3.78. The summed E-state index contributed by atoms with van der Waals surface area (Å²) in [6, 6.07) is 8.94. The maximum atomic E-state index is 9.03. The first kappa shape index (κ1) is 15.7. The maximum Gasteiger partial charge on any atom is 0.0697 e. The van der Waals surface area contributed by atoms with Gasteiger partial charge in [-0.3, -0.25) is 0 Å². The quantitative estimate of drug-likeness (QED) is 0.873. The normalized spacial score (nSPS) is 12.3. The van der Waals surface area contributed by atoms with Crippen molar-refractivity contribution in [3.8, 4) is 6.07 Å². The lowest BCUT2D eigenvalue weighted by molar-refractivity contribution is 0.396. The van der Waals surface area contributed by atoms with Crippen LogP contribution in [0.25, 0.3) is 0 Å². The molecule has 19 heavy (non-hydrogen) atoms. The molecule has 0 aromatic heterocycles. The third kappa shape index (κ3) is 4.36. The van der Waals surface area contributed by atoms with Crippen LogP contribution < -0.4 is 5.32 Å². The van der Waals surface area contributed by atoms with E-state index in [9.17, 15) is 0 Å². The van der Waals surface area contributed by atoms with Crippen molar-refractivity contribution in [2.24, 2.45) is 5.41 Å². The van der Waals surface area contributed by atoms with Crippen molar-refractivity contribution in [2.75, 3.05) is 13.1 Å². The van der Waals surface area contributed by atoms with Crippen LogP contribution in [0.15, 0.2) is 18.2 Å². The third-order valence-electron chi connectivity index (χ3n) is 3.56. The first-order chi connectivity index (χ1) is 8.68. The topological polar surface area (TPSA) is 35.8 Å². The molecular formula is C17H26N2. The van der Waals surface area contributed by atoms with Gasteiger partial charge in [-0.1, -0.05) is 37.6 Å². The Morgan fingerprint density at radius 1 is 1.11 bits per heavy atom. The summed E-state index contributed by atoms with van der Waals surface area (Å²) in [6.45, 7) is 14.3. The Hall–Kier alpha value is -1.33. The van der Waals surface area contributed by atoms with Crippen LogP contribution in [-0.2, 0) is 5.41 Å². The van der Waals surface area contributed by atoms with Crippen LogP contribution >= 0.6 is 0 Å². The van der Waals surface area contributed by atoms with Gasteiger partial charge in [0.25, 0.3) is 0 Å². The Bertz CT molecular complexity index is 479.